The smallest absolute Gasteiger partial charge is 0.410 e. The van der Waals surface area contributed by atoms with Crippen LogP contribution in [0.15, 0.2) is 9.40 Å². The fraction of sp³-hybridized carbons (Fsp3) is 0.739. The molecule has 11 heteroatoms. The Bertz CT molecular complexity index is 1140. The van der Waals surface area contributed by atoms with Crippen molar-refractivity contribution in [2.24, 2.45) is 7.05 Å². The molecule has 0 aromatic carbocycles. The van der Waals surface area contributed by atoms with E-state index in [1.807, 2.05) is 25.7 Å². The number of piperidine rings is 1. The number of fused-ring (bicyclic) bond motifs is 3. The zero-order valence-corrected chi connectivity index (χ0v) is 21.9. The number of hydrogen-bond acceptors (Lipinski definition) is 7. The maximum absolute atomic E-state index is 13.4. The minimum absolute atomic E-state index is 0.0707. The van der Waals surface area contributed by atoms with Gasteiger partial charge in [0.1, 0.15) is 15.6 Å². The van der Waals surface area contributed by atoms with Crippen LogP contribution in [-0.4, -0.2) is 67.7 Å². The molecule has 3 aliphatic rings. The molecule has 2 aromatic rings. The highest BCUT2D eigenvalue weighted by Gasteiger charge is 2.42. The summed E-state index contributed by atoms with van der Waals surface area (Å²) in [6.07, 6.45) is 5.37. The summed E-state index contributed by atoms with van der Waals surface area (Å²) in [4.78, 5) is 35.3. The number of anilines is 1. The number of hydrogen-bond donors (Lipinski definition) is 0. The molecule has 3 aliphatic heterocycles. The highest BCUT2D eigenvalue weighted by atomic mass is 79.9. The van der Waals surface area contributed by atoms with E-state index in [4.69, 9.17) is 14.5 Å². The Hall–Kier alpha value is -2.14. The van der Waals surface area contributed by atoms with Crippen molar-refractivity contribution in [3.63, 3.8) is 0 Å². The highest BCUT2D eigenvalue weighted by molar-refractivity contribution is 9.10. The number of aromatic nitrogens is 4. The van der Waals surface area contributed by atoms with Gasteiger partial charge in [-0.2, -0.15) is 10.1 Å². The molecule has 0 saturated carbocycles. The Morgan fingerprint density at radius 2 is 1.82 bits per heavy atom. The van der Waals surface area contributed by atoms with E-state index in [-0.39, 0.29) is 30.0 Å². The highest BCUT2D eigenvalue weighted by Crippen LogP contribution is 2.35. The predicted molar refractivity (Wildman–Crippen MR) is 131 cm³/mol. The van der Waals surface area contributed by atoms with Crippen LogP contribution in [0.2, 0.25) is 0 Å². The minimum atomic E-state index is -0.535. The van der Waals surface area contributed by atoms with Gasteiger partial charge in [-0.1, -0.05) is 0 Å². The third kappa shape index (κ3) is 4.21. The molecule has 34 heavy (non-hydrogen) atoms. The van der Waals surface area contributed by atoms with Gasteiger partial charge in [-0.25, -0.2) is 9.48 Å². The molecule has 2 bridgehead atoms. The van der Waals surface area contributed by atoms with Crippen molar-refractivity contribution in [3.8, 4) is 0 Å². The first-order chi connectivity index (χ1) is 16.1. The van der Waals surface area contributed by atoms with Gasteiger partial charge in [0, 0.05) is 38.8 Å². The Kier molecular flexibility index (Phi) is 6.12. The fourth-order valence-electron chi connectivity index (χ4n) is 5.38. The fourth-order valence-corrected chi connectivity index (χ4v) is 5.89. The van der Waals surface area contributed by atoms with E-state index < -0.39 is 5.60 Å². The summed E-state index contributed by atoms with van der Waals surface area (Å²) < 4.78 is 15.5. The zero-order chi connectivity index (χ0) is 24.2. The van der Waals surface area contributed by atoms with Gasteiger partial charge < -0.3 is 19.3 Å². The molecule has 3 unspecified atom stereocenters. The predicted octanol–water partition coefficient (Wildman–Crippen LogP) is 3.57. The van der Waals surface area contributed by atoms with Crippen LogP contribution in [-0.2, 0) is 16.5 Å². The van der Waals surface area contributed by atoms with Gasteiger partial charge in [-0.3, -0.25) is 9.36 Å². The van der Waals surface area contributed by atoms with E-state index >= 15 is 0 Å². The van der Waals surface area contributed by atoms with Crippen LogP contribution in [0.5, 0.6) is 0 Å². The minimum Gasteiger partial charge on any atom is -0.444 e. The lowest BCUT2D eigenvalue weighted by Gasteiger charge is -2.50. The SMILES string of the molecule is Cn1c(N2C3CCCC2CN(C(=O)OC(C)(C)C)C3)nc2c(c(Br)nn2C2CCCCO2)c1=O. The summed E-state index contributed by atoms with van der Waals surface area (Å²) >= 11 is 3.47. The first-order valence-corrected chi connectivity index (χ1v) is 13.0. The lowest BCUT2D eigenvalue weighted by atomic mass is 9.91. The van der Waals surface area contributed by atoms with Crippen LogP contribution in [0.3, 0.4) is 0 Å². The second-order valence-corrected chi connectivity index (χ2v) is 11.3. The van der Waals surface area contributed by atoms with Crippen molar-refractivity contribution in [1.29, 1.82) is 0 Å². The summed E-state index contributed by atoms with van der Waals surface area (Å²) in [6, 6.07) is 0.141. The van der Waals surface area contributed by atoms with Crippen LogP contribution in [0.4, 0.5) is 10.7 Å². The molecule has 0 radical (unpaired) electrons. The largest absolute Gasteiger partial charge is 0.444 e. The summed E-state index contributed by atoms with van der Waals surface area (Å²) in [6.45, 7) is 7.43. The van der Waals surface area contributed by atoms with E-state index in [0.717, 1.165) is 38.5 Å². The third-order valence-electron chi connectivity index (χ3n) is 6.90. The summed E-state index contributed by atoms with van der Waals surface area (Å²) in [5.74, 6) is 0.625. The number of amides is 1. The van der Waals surface area contributed by atoms with E-state index in [0.29, 0.717) is 41.3 Å². The normalized spacial score (nSPS) is 25.6. The van der Waals surface area contributed by atoms with Crippen molar-refractivity contribution >= 4 is 39.0 Å². The Labute approximate surface area is 207 Å². The van der Waals surface area contributed by atoms with Gasteiger partial charge in [-0.05, 0) is 75.2 Å². The number of ether oxygens (including phenoxy) is 2. The number of rotatable bonds is 2. The van der Waals surface area contributed by atoms with E-state index in [1.54, 1.807) is 16.3 Å². The molecule has 3 saturated heterocycles. The average molecular weight is 537 g/mol. The van der Waals surface area contributed by atoms with Crippen molar-refractivity contribution < 1.29 is 14.3 Å². The standard InChI is InChI=1S/C23H33BrN6O4/c1-23(2,3)34-22(32)28-12-14-8-7-9-15(13-28)29(14)21-25-19-17(20(31)27(21)4)18(24)26-30(19)16-10-5-6-11-33-16/h14-16H,5-13H2,1-4H3. The van der Waals surface area contributed by atoms with Gasteiger partial charge in [-0.15, -0.1) is 0 Å². The molecule has 5 rings (SSSR count). The van der Waals surface area contributed by atoms with Crippen LogP contribution in [0.1, 0.15) is 65.5 Å². The topological polar surface area (TPSA) is 94.7 Å². The number of nitrogens with zero attached hydrogens (tertiary/aromatic N) is 6. The van der Waals surface area contributed by atoms with Gasteiger partial charge >= 0.3 is 6.09 Å². The molecule has 10 nitrogen and oxygen atoms in total. The van der Waals surface area contributed by atoms with E-state index in [2.05, 4.69) is 25.9 Å². The molecule has 0 spiro atoms. The molecular formula is C23H33BrN6O4. The molecule has 5 heterocycles. The maximum atomic E-state index is 13.4. The molecule has 0 N–H and O–H groups in total. The lowest BCUT2D eigenvalue weighted by molar-refractivity contribution is -0.0372. The second-order valence-electron chi connectivity index (χ2n) is 10.6. The first-order valence-electron chi connectivity index (χ1n) is 12.2. The third-order valence-corrected chi connectivity index (χ3v) is 7.46. The van der Waals surface area contributed by atoms with Crippen molar-refractivity contribution in [1.82, 2.24) is 24.2 Å². The number of carbonyl (C=O) groups is 1. The maximum Gasteiger partial charge on any atom is 0.410 e. The Balaban J connectivity index is 1.52. The first kappa shape index (κ1) is 23.6. The molecular weight excluding hydrogens is 504 g/mol. The molecule has 3 fully saturated rings. The summed E-state index contributed by atoms with van der Waals surface area (Å²) in [7, 11) is 1.76. The molecule has 2 aromatic heterocycles. The summed E-state index contributed by atoms with van der Waals surface area (Å²) in [5.41, 5.74) is -0.126. The molecule has 1 amide bonds. The summed E-state index contributed by atoms with van der Waals surface area (Å²) in [5, 5.41) is 5.06. The quantitative estimate of drug-likeness (QED) is 0.578. The van der Waals surface area contributed by atoms with Gasteiger partial charge in [0.05, 0.1) is 0 Å². The van der Waals surface area contributed by atoms with Crippen LogP contribution < -0.4 is 10.5 Å². The second kappa shape index (κ2) is 8.82. The average Bonchev–Trinajstić information content (AvgIpc) is 3.11. The Morgan fingerprint density at radius 1 is 1.12 bits per heavy atom. The van der Waals surface area contributed by atoms with E-state index in [9.17, 15) is 9.59 Å². The molecule has 3 atom stereocenters. The number of halogens is 1. The molecule has 0 aliphatic carbocycles. The van der Waals surface area contributed by atoms with Gasteiger partial charge in [0.2, 0.25) is 5.95 Å². The van der Waals surface area contributed by atoms with Crippen molar-refractivity contribution in [3.05, 3.63) is 15.0 Å². The van der Waals surface area contributed by atoms with Gasteiger partial charge in [0.15, 0.2) is 11.9 Å². The van der Waals surface area contributed by atoms with Crippen LogP contribution >= 0.6 is 15.9 Å². The van der Waals surface area contributed by atoms with Crippen molar-refractivity contribution in [2.45, 2.75) is 83.2 Å². The Morgan fingerprint density at radius 3 is 2.44 bits per heavy atom. The molecule has 186 valence electrons. The van der Waals surface area contributed by atoms with Crippen LogP contribution in [0, 0.1) is 0 Å². The van der Waals surface area contributed by atoms with Crippen molar-refractivity contribution in [2.75, 3.05) is 24.6 Å². The monoisotopic (exact) mass is 536 g/mol. The van der Waals surface area contributed by atoms with Gasteiger partial charge in [0.25, 0.3) is 5.56 Å². The van der Waals surface area contributed by atoms with E-state index in [1.165, 1.54) is 0 Å². The van der Waals surface area contributed by atoms with Crippen LogP contribution in [0.25, 0.3) is 11.0 Å². The zero-order valence-electron chi connectivity index (χ0n) is 20.3. The number of piperazine rings is 1. The lowest BCUT2D eigenvalue weighted by Crippen LogP contribution is -2.63. The number of likely N-dealkylation sites (tertiary alicyclic amines) is 1. The number of carbonyl (C=O) groups excluding carboxylic acids is 1.